The molecule has 1 aromatic carbocycles. The molecule has 0 radical (unpaired) electrons. The number of aryl methyl sites for hydroxylation is 1. The number of hydrogen-bond donors (Lipinski definition) is 1. The largest absolute Gasteiger partial charge is 0.483 e. The second kappa shape index (κ2) is 4.95. The lowest BCUT2D eigenvalue weighted by Crippen LogP contribution is -2.06. The number of nitrogen functional groups attached to an aromatic ring is 1. The SMILES string of the molecule is Cc1cc(N)nc(COc2ccc(F)cc2F)n1. The smallest absolute Gasteiger partial charge is 0.168 e. The molecule has 0 bridgehead atoms. The molecule has 2 N–H and O–H groups in total. The number of nitrogens with two attached hydrogens (primary N) is 1. The topological polar surface area (TPSA) is 61.0 Å². The minimum Gasteiger partial charge on any atom is -0.483 e. The van der Waals surface area contributed by atoms with E-state index >= 15 is 0 Å². The minimum absolute atomic E-state index is 0.0333. The first kappa shape index (κ1) is 12.2. The molecule has 1 heterocycles. The van der Waals surface area contributed by atoms with Gasteiger partial charge < -0.3 is 10.5 Å². The maximum atomic E-state index is 13.3. The Morgan fingerprint density at radius 1 is 1.22 bits per heavy atom. The van der Waals surface area contributed by atoms with Gasteiger partial charge in [-0.3, -0.25) is 0 Å². The standard InChI is InChI=1S/C12H11F2N3O/c1-7-4-11(15)17-12(16-7)6-18-10-3-2-8(13)5-9(10)14/h2-5H,6H2,1H3,(H2,15,16,17). The molecule has 18 heavy (non-hydrogen) atoms. The summed E-state index contributed by atoms with van der Waals surface area (Å²) in [5.41, 5.74) is 6.24. The molecule has 0 aliphatic carbocycles. The van der Waals surface area contributed by atoms with E-state index < -0.39 is 11.6 Å². The fourth-order valence-electron chi connectivity index (χ4n) is 1.46. The molecule has 0 spiro atoms. The van der Waals surface area contributed by atoms with Crippen molar-refractivity contribution in [3.8, 4) is 5.75 Å². The summed E-state index contributed by atoms with van der Waals surface area (Å²) >= 11 is 0. The summed E-state index contributed by atoms with van der Waals surface area (Å²) in [6.07, 6.45) is 0. The van der Waals surface area contributed by atoms with Gasteiger partial charge in [0.25, 0.3) is 0 Å². The van der Waals surface area contributed by atoms with Crippen LogP contribution in [0.5, 0.6) is 5.75 Å². The number of nitrogens with zero attached hydrogens (tertiary/aromatic N) is 2. The molecule has 0 saturated carbocycles. The summed E-state index contributed by atoms with van der Waals surface area (Å²) in [5, 5.41) is 0. The zero-order valence-electron chi connectivity index (χ0n) is 9.65. The summed E-state index contributed by atoms with van der Waals surface area (Å²) < 4.78 is 31.1. The maximum Gasteiger partial charge on any atom is 0.168 e. The van der Waals surface area contributed by atoms with Gasteiger partial charge in [0.05, 0.1) is 0 Å². The maximum absolute atomic E-state index is 13.3. The second-order valence-electron chi connectivity index (χ2n) is 3.71. The van der Waals surface area contributed by atoms with Gasteiger partial charge in [0.1, 0.15) is 18.2 Å². The molecule has 0 aliphatic heterocycles. The number of anilines is 1. The second-order valence-corrected chi connectivity index (χ2v) is 3.71. The number of aromatic nitrogens is 2. The molecule has 2 aromatic rings. The van der Waals surface area contributed by atoms with E-state index in [9.17, 15) is 8.78 Å². The van der Waals surface area contributed by atoms with Crippen molar-refractivity contribution in [1.29, 1.82) is 0 Å². The van der Waals surface area contributed by atoms with Crippen LogP contribution in [0, 0.1) is 18.6 Å². The van der Waals surface area contributed by atoms with Crippen molar-refractivity contribution in [2.75, 3.05) is 5.73 Å². The predicted molar refractivity (Wildman–Crippen MR) is 61.9 cm³/mol. The van der Waals surface area contributed by atoms with Crippen molar-refractivity contribution in [2.45, 2.75) is 13.5 Å². The third kappa shape index (κ3) is 2.91. The molecule has 6 heteroatoms. The molecule has 4 nitrogen and oxygen atoms in total. The van der Waals surface area contributed by atoms with Crippen LogP contribution in [-0.4, -0.2) is 9.97 Å². The molecule has 94 valence electrons. The van der Waals surface area contributed by atoms with E-state index in [-0.39, 0.29) is 12.4 Å². The van der Waals surface area contributed by atoms with Gasteiger partial charge in [0.15, 0.2) is 17.4 Å². The Hall–Kier alpha value is -2.24. The Bertz CT molecular complexity index is 555. The normalized spacial score (nSPS) is 10.4. The minimum atomic E-state index is -0.768. The molecule has 0 saturated heterocycles. The first-order chi connectivity index (χ1) is 8.54. The van der Waals surface area contributed by atoms with Crippen LogP contribution in [0.4, 0.5) is 14.6 Å². The van der Waals surface area contributed by atoms with Crippen LogP contribution in [0.3, 0.4) is 0 Å². The van der Waals surface area contributed by atoms with Crippen LogP contribution in [0.25, 0.3) is 0 Å². The molecular weight excluding hydrogens is 240 g/mol. The van der Waals surface area contributed by atoms with Gasteiger partial charge in [-0.2, -0.15) is 0 Å². The summed E-state index contributed by atoms with van der Waals surface area (Å²) in [6.45, 7) is 1.73. The Labute approximate surface area is 102 Å². The average Bonchev–Trinajstić information content (AvgIpc) is 2.26. The monoisotopic (exact) mass is 251 g/mol. The molecule has 0 unspecified atom stereocenters. The van der Waals surface area contributed by atoms with Crippen LogP contribution in [-0.2, 0) is 6.61 Å². The molecule has 0 amide bonds. The number of ether oxygens (including phenoxy) is 1. The predicted octanol–water partition coefficient (Wildman–Crippen LogP) is 2.22. The van der Waals surface area contributed by atoms with Gasteiger partial charge in [-0.05, 0) is 19.1 Å². The van der Waals surface area contributed by atoms with Crippen molar-refractivity contribution in [1.82, 2.24) is 9.97 Å². The molecule has 0 atom stereocenters. The van der Waals surface area contributed by atoms with Gasteiger partial charge >= 0.3 is 0 Å². The van der Waals surface area contributed by atoms with Crippen LogP contribution in [0.1, 0.15) is 11.5 Å². The van der Waals surface area contributed by atoms with Crippen LogP contribution < -0.4 is 10.5 Å². The summed E-state index contributed by atoms with van der Waals surface area (Å²) in [7, 11) is 0. The highest BCUT2D eigenvalue weighted by molar-refractivity contribution is 5.29. The van der Waals surface area contributed by atoms with Gasteiger partial charge in [-0.25, -0.2) is 18.7 Å². The van der Waals surface area contributed by atoms with E-state index in [4.69, 9.17) is 10.5 Å². The zero-order chi connectivity index (χ0) is 13.1. The highest BCUT2D eigenvalue weighted by atomic mass is 19.1. The zero-order valence-corrected chi connectivity index (χ0v) is 9.65. The quantitative estimate of drug-likeness (QED) is 0.908. The number of halogens is 2. The van der Waals surface area contributed by atoms with E-state index in [1.807, 2.05) is 0 Å². The Balaban J connectivity index is 2.11. The first-order valence-electron chi connectivity index (χ1n) is 5.22. The molecule has 0 aliphatic rings. The van der Waals surface area contributed by atoms with E-state index in [0.717, 1.165) is 12.1 Å². The summed E-state index contributed by atoms with van der Waals surface area (Å²) in [6, 6.07) is 4.69. The summed E-state index contributed by atoms with van der Waals surface area (Å²) in [4.78, 5) is 8.03. The van der Waals surface area contributed by atoms with Crippen molar-refractivity contribution in [3.63, 3.8) is 0 Å². The number of rotatable bonds is 3. The van der Waals surface area contributed by atoms with Gasteiger partial charge in [0, 0.05) is 17.8 Å². The number of hydrogen-bond acceptors (Lipinski definition) is 4. The van der Waals surface area contributed by atoms with Crippen molar-refractivity contribution < 1.29 is 13.5 Å². The van der Waals surface area contributed by atoms with E-state index in [0.29, 0.717) is 17.3 Å². The highest BCUT2D eigenvalue weighted by Crippen LogP contribution is 2.18. The van der Waals surface area contributed by atoms with Crippen LogP contribution in [0.15, 0.2) is 24.3 Å². The lowest BCUT2D eigenvalue weighted by Gasteiger charge is -2.07. The van der Waals surface area contributed by atoms with E-state index in [1.54, 1.807) is 13.0 Å². The fraction of sp³-hybridized carbons (Fsp3) is 0.167. The summed E-state index contributed by atoms with van der Waals surface area (Å²) in [5.74, 6) is -0.816. The van der Waals surface area contributed by atoms with Crippen molar-refractivity contribution in [2.24, 2.45) is 0 Å². The lowest BCUT2D eigenvalue weighted by atomic mass is 10.3. The third-order valence-electron chi connectivity index (χ3n) is 2.17. The third-order valence-corrected chi connectivity index (χ3v) is 2.17. The van der Waals surface area contributed by atoms with Crippen LogP contribution in [0.2, 0.25) is 0 Å². The Morgan fingerprint density at radius 2 is 2.00 bits per heavy atom. The van der Waals surface area contributed by atoms with Crippen LogP contribution >= 0.6 is 0 Å². The highest BCUT2D eigenvalue weighted by Gasteiger charge is 2.07. The number of benzene rings is 1. The first-order valence-corrected chi connectivity index (χ1v) is 5.22. The van der Waals surface area contributed by atoms with E-state index in [2.05, 4.69) is 9.97 Å². The van der Waals surface area contributed by atoms with Gasteiger partial charge in [0.2, 0.25) is 0 Å². The van der Waals surface area contributed by atoms with Gasteiger partial charge in [-0.15, -0.1) is 0 Å². The molecule has 0 fully saturated rings. The lowest BCUT2D eigenvalue weighted by molar-refractivity contribution is 0.280. The van der Waals surface area contributed by atoms with Crippen molar-refractivity contribution in [3.05, 3.63) is 47.4 Å². The van der Waals surface area contributed by atoms with Gasteiger partial charge in [-0.1, -0.05) is 0 Å². The molecule has 1 aromatic heterocycles. The fourth-order valence-corrected chi connectivity index (χ4v) is 1.46. The Kier molecular flexibility index (Phi) is 3.36. The molecular formula is C12H11F2N3O. The average molecular weight is 251 g/mol. The van der Waals surface area contributed by atoms with E-state index in [1.165, 1.54) is 6.07 Å². The van der Waals surface area contributed by atoms with Crippen molar-refractivity contribution >= 4 is 5.82 Å². The molecule has 2 rings (SSSR count). The Morgan fingerprint density at radius 3 is 2.67 bits per heavy atom.